The third-order valence-electron chi connectivity index (χ3n) is 3.41. The van der Waals surface area contributed by atoms with Crippen LogP contribution < -0.4 is 5.32 Å². The summed E-state index contributed by atoms with van der Waals surface area (Å²) in [6.07, 6.45) is 0.774. The zero-order valence-electron chi connectivity index (χ0n) is 13.5. The van der Waals surface area contributed by atoms with E-state index < -0.39 is 11.9 Å². The van der Waals surface area contributed by atoms with Crippen LogP contribution in [-0.4, -0.2) is 24.3 Å². The Labute approximate surface area is 140 Å². The number of carbonyl (C=O) groups is 3. The van der Waals surface area contributed by atoms with Gasteiger partial charge in [0.05, 0.1) is 5.69 Å². The van der Waals surface area contributed by atoms with Crippen molar-refractivity contribution in [3.8, 4) is 0 Å². The Morgan fingerprint density at radius 1 is 0.958 bits per heavy atom. The molecule has 24 heavy (non-hydrogen) atoms. The Bertz CT molecular complexity index is 725. The maximum Gasteiger partial charge on any atom is 0.306 e. The van der Waals surface area contributed by atoms with E-state index in [2.05, 4.69) is 5.32 Å². The normalized spacial score (nSPS) is 10.0. The maximum atomic E-state index is 11.9. The van der Waals surface area contributed by atoms with Crippen LogP contribution in [0, 0.1) is 0 Å². The summed E-state index contributed by atoms with van der Waals surface area (Å²) >= 11 is 0. The van der Waals surface area contributed by atoms with Crippen molar-refractivity contribution in [1.29, 1.82) is 0 Å². The second kappa shape index (κ2) is 8.62. The van der Waals surface area contributed by atoms with Gasteiger partial charge in [-0.15, -0.1) is 0 Å². The smallest absolute Gasteiger partial charge is 0.306 e. The molecule has 2 aromatic carbocycles. The molecule has 0 radical (unpaired) electrons. The molecule has 1 N–H and O–H groups in total. The van der Waals surface area contributed by atoms with Crippen molar-refractivity contribution in [3.05, 3.63) is 65.7 Å². The molecular weight excluding hydrogens is 306 g/mol. The summed E-state index contributed by atoms with van der Waals surface area (Å²) in [6, 6.07) is 16.3. The molecule has 0 aromatic heterocycles. The van der Waals surface area contributed by atoms with E-state index in [0.29, 0.717) is 17.7 Å². The number of hydrogen-bond acceptors (Lipinski definition) is 4. The summed E-state index contributed by atoms with van der Waals surface area (Å²) in [6.45, 7) is 1.05. The largest absolute Gasteiger partial charge is 0.456 e. The van der Waals surface area contributed by atoms with Crippen LogP contribution in [-0.2, 0) is 20.7 Å². The molecule has 0 heterocycles. The van der Waals surface area contributed by atoms with Crippen LogP contribution in [0.5, 0.6) is 0 Å². The lowest BCUT2D eigenvalue weighted by atomic mass is 10.1. The van der Waals surface area contributed by atoms with E-state index in [-0.39, 0.29) is 18.8 Å². The topological polar surface area (TPSA) is 72.5 Å². The van der Waals surface area contributed by atoms with Gasteiger partial charge < -0.3 is 10.1 Å². The number of hydrogen-bond donors (Lipinski definition) is 1. The van der Waals surface area contributed by atoms with Gasteiger partial charge in [0, 0.05) is 12.0 Å². The molecule has 0 saturated carbocycles. The van der Waals surface area contributed by atoms with Gasteiger partial charge in [0.25, 0.3) is 5.91 Å². The van der Waals surface area contributed by atoms with Gasteiger partial charge in [-0.25, -0.2) is 0 Å². The van der Waals surface area contributed by atoms with Gasteiger partial charge >= 0.3 is 5.97 Å². The fraction of sp³-hybridized carbons (Fsp3) is 0.211. The molecule has 0 aliphatic carbocycles. The molecule has 0 unspecified atom stereocenters. The van der Waals surface area contributed by atoms with Crippen LogP contribution in [0.15, 0.2) is 54.6 Å². The average Bonchev–Trinajstić information content (AvgIpc) is 2.59. The molecule has 2 rings (SSSR count). The molecule has 0 bridgehead atoms. The Balaban J connectivity index is 1.79. The first-order valence-electron chi connectivity index (χ1n) is 7.65. The number of benzene rings is 2. The first-order chi connectivity index (χ1) is 11.6. The van der Waals surface area contributed by atoms with Gasteiger partial charge in [-0.1, -0.05) is 42.5 Å². The minimum absolute atomic E-state index is 0.147. The summed E-state index contributed by atoms with van der Waals surface area (Å²) in [4.78, 5) is 35.1. The lowest BCUT2D eigenvalue weighted by Gasteiger charge is -2.09. The summed E-state index contributed by atoms with van der Waals surface area (Å²) in [5.41, 5.74) is 1.87. The third-order valence-corrected chi connectivity index (χ3v) is 3.41. The first kappa shape index (κ1) is 17.4. The van der Waals surface area contributed by atoms with Crippen LogP contribution in [0.2, 0.25) is 0 Å². The highest BCUT2D eigenvalue weighted by molar-refractivity contribution is 6.04. The van der Waals surface area contributed by atoms with Gasteiger partial charge in [-0.05, 0) is 31.0 Å². The lowest BCUT2D eigenvalue weighted by molar-refractivity contribution is -0.147. The van der Waals surface area contributed by atoms with Gasteiger partial charge in [-0.2, -0.15) is 0 Å². The number of para-hydroxylation sites is 1. The Kier molecular flexibility index (Phi) is 6.25. The Hall–Kier alpha value is -2.95. The highest BCUT2D eigenvalue weighted by Crippen LogP contribution is 2.15. The average molecular weight is 325 g/mol. The minimum atomic E-state index is -0.475. The van der Waals surface area contributed by atoms with Crippen LogP contribution in [0.25, 0.3) is 0 Å². The molecule has 0 saturated heterocycles. The fourth-order valence-electron chi connectivity index (χ4n) is 2.19. The van der Waals surface area contributed by atoms with Crippen LogP contribution >= 0.6 is 0 Å². The van der Waals surface area contributed by atoms with E-state index in [1.165, 1.54) is 6.92 Å². The van der Waals surface area contributed by atoms with Crippen molar-refractivity contribution in [1.82, 2.24) is 0 Å². The quantitative estimate of drug-likeness (QED) is 0.627. The number of esters is 1. The number of anilines is 1. The minimum Gasteiger partial charge on any atom is -0.456 e. The monoisotopic (exact) mass is 325 g/mol. The van der Waals surface area contributed by atoms with E-state index in [1.807, 2.05) is 30.3 Å². The molecule has 0 aliphatic heterocycles. The highest BCUT2D eigenvalue weighted by Gasteiger charge is 2.11. The van der Waals surface area contributed by atoms with Gasteiger partial charge in [-0.3, -0.25) is 14.4 Å². The van der Waals surface area contributed by atoms with E-state index >= 15 is 0 Å². The predicted octanol–water partition coefficient (Wildman–Crippen LogP) is 3.00. The van der Waals surface area contributed by atoms with Crippen molar-refractivity contribution in [2.45, 2.75) is 19.8 Å². The maximum absolute atomic E-state index is 11.9. The van der Waals surface area contributed by atoms with Gasteiger partial charge in [0.15, 0.2) is 12.4 Å². The fourth-order valence-corrected chi connectivity index (χ4v) is 2.19. The van der Waals surface area contributed by atoms with E-state index in [9.17, 15) is 14.4 Å². The van der Waals surface area contributed by atoms with E-state index in [1.54, 1.807) is 24.3 Å². The molecule has 0 spiro atoms. The molecule has 2 aromatic rings. The number of ketones is 1. The first-order valence-corrected chi connectivity index (χ1v) is 7.65. The van der Waals surface area contributed by atoms with Gasteiger partial charge in [0.1, 0.15) is 0 Å². The van der Waals surface area contributed by atoms with E-state index in [0.717, 1.165) is 5.56 Å². The van der Waals surface area contributed by atoms with Crippen molar-refractivity contribution < 1.29 is 19.1 Å². The number of amides is 1. The molecule has 0 atom stereocenters. The second-order valence-electron chi connectivity index (χ2n) is 5.30. The summed E-state index contributed by atoms with van der Waals surface area (Å²) in [5, 5.41) is 2.58. The van der Waals surface area contributed by atoms with Crippen LogP contribution in [0.3, 0.4) is 0 Å². The third kappa shape index (κ3) is 5.35. The number of aryl methyl sites for hydroxylation is 1. The molecule has 124 valence electrons. The van der Waals surface area contributed by atoms with Crippen LogP contribution in [0.1, 0.15) is 29.3 Å². The molecule has 0 fully saturated rings. The van der Waals surface area contributed by atoms with E-state index in [4.69, 9.17) is 4.74 Å². The zero-order chi connectivity index (χ0) is 17.4. The van der Waals surface area contributed by atoms with Crippen LogP contribution in [0.4, 0.5) is 5.69 Å². The van der Waals surface area contributed by atoms with Crippen molar-refractivity contribution in [2.75, 3.05) is 11.9 Å². The second-order valence-corrected chi connectivity index (χ2v) is 5.30. The number of carbonyl (C=O) groups excluding carboxylic acids is 3. The molecule has 1 amide bonds. The summed E-state index contributed by atoms with van der Waals surface area (Å²) < 4.78 is 4.96. The number of nitrogens with one attached hydrogen (secondary N) is 1. The molecule has 0 aliphatic rings. The molecule has 5 nitrogen and oxygen atoms in total. The van der Waals surface area contributed by atoms with Gasteiger partial charge in [0.2, 0.25) is 0 Å². The Morgan fingerprint density at radius 2 is 1.62 bits per heavy atom. The summed E-state index contributed by atoms with van der Waals surface area (Å²) in [5.74, 6) is -1.06. The standard InChI is InChI=1S/C19H19NO4/c1-14(21)16-9-5-6-10-17(16)20-18(22)13-24-19(23)12-11-15-7-3-2-4-8-15/h2-10H,11-13H2,1H3,(H,20,22). The Morgan fingerprint density at radius 3 is 2.33 bits per heavy atom. The number of rotatable bonds is 7. The molecular formula is C19H19NO4. The zero-order valence-corrected chi connectivity index (χ0v) is 13.5. The predicted molar refractivity (Wildman–Crippen MR) is 90.8 cm³/mol. The van der Waals surface area contributed by atoms with Crippen molar-refractivity contribution in [2.24, 2.45) is 0 Å². The highest BCUT2D eigenvalue weighted by atomic mass is 16.5. The number of ether oxygens (including phenoxy) is 1. The van der Waals surface area contributed by atoms with Crippen molar-refractivity contribution >= 4 is 23.3 Å². The molecule has 5 heteroatoms. The number of Topliss-reactive ketones (excluding diaryl/α,β-unsaturated/α-hetero) is 1. The lowest BCUT2D eigenvalue weighted by Crippen LogP contribution is -2.22. The van der Waals surface area contributed by atoms with Crippen molar-refractivity contribution in [3.63, 3.8) is 0 Å². The SMILES string of the molecule is CC(=O)c1ccccc1NC(=O)COC(=O)CCc1ccccc1. The summed E-state index contributed by atoms with van der Waals surface area (Å²) in [7, 11) is 0.